The van der Waals surface area contributed by atoms with Gasteiger partial charge in [0.25, 0.3) is 0 Å². The maximum atomic E-state index is 15.0. The smallest absolute Gasteiger partial charge is 0.435 e. The fourth-order valence-corrected chi connectivity index (χ4v) is 11.5. The van der Waals surface area contributed by atoms with Crippen LogP contribution in [0.1, 0.15) is 48.8 Å². The summed E-state index contributed by atoms with van der Waals surface area (Å²) in [4.78, 5) is 26.3. The molecule has 0 radical (unpaired) electrons. The number of carbonyl (C=O) groups is 2. The van der Waals surface area contributed by atoms with E-state index in [0.29, 0.717) is 12.1 Å². The first-order valence-corrected chi connectivity index (χ1v) is 17.9. The molecule has 2 aromatic rings. The monoisotopic (exact) mass is 731 g/mol. The van der Waals surface area contributed by atoms with E-state index in [2.05, 4.69) is 5.32 Å². The lowest BCUT2D eigenvalue weighted by molar-refractivity contribution is -0.348. The Morgan fingerprint density at radius 1 is 0.896 bits per heavy atom. The fourth-order valence-electron chi connectivity index (χ4n) is 7.48. The molecule has 5 rings (SSSR count). The van der Waals surface area contributed by atoms with Gasteiger partial charge in [0, 0.05) is 11.5 Å². The lowest BCUT2D eigenvalue weighted by Crippen LogP contribution is -2.60. The number of alkyl halides is 7. The third-order valence-electron chi connectivity index (χ3n) is 9.93. The van der Waals surface area contributed by atoms with Gasteiger partial charge in [-0.2, -0.15) is 26.3 Å². The van der Waals surface area contributed by atoms with Gasteiger partial charge in [-0.15, -0.1) is 0 Å². The highest BCUT2D eigenvalue weighted by Crippen LogP contribution is 2.60. The molecule has 0 unspecified atom stereocenters. The van der Waals surface area contributed by atoms with Crippen LogP contribution >= 0.6 is 0 Å². The van der Waals surface area contributed by atoms with E-state index in [1.165, 1.54) is 0 Å². The highest BCUT2D eigenvalue weighted by Gasteiger charge is 2.74. The zero-order valence-corrected chi connectivity index (χ0v) is 26.7. The number of aryl methyl sites for hydroxylation is 1. The molecule has 3 atom stereocenters. The van der Waals surface area contributed by atoms with Crippen LogP contribution in [0.2, 0.25) is 0 Å². The maximum Gasteiger partial charge on any atom is 0.435 e. The van der Waals surface area contributed by atoms with Crippen molar-refractivity contribution in [2.24, 2.45) is 11.8 Å². The molecule has 1 N–H and O–H groups in total. The standard InChI is InChI=1S/C30H29F8NO7S2/c1-46-25(41)26(12-14-47(42,43)15-13-26)39-24(40)21-10-11-27(48(44,45)20-6-4-19(31)5-7-20)22-9-3-18(16-17(22)2-8-23(21)27)28(32,29(33,34)35)30(36,37)38/h3-7,9,16,21,23H,2,8,10-15H2,1H3,(H,39,40)/t21-,23+,27-/m1/s1. The average molecular weight is 732 g/mol. The first-order chi connectivity index (χ1) is 22.1. The van der Waals surface area contributed by atoms with Gasteiger partial charge in [-0.05, 0) is 79.8 Å². The van der Waals surface area contributed by atoms with Crippen LogP contribution in [-0.4, -0.2) is 65.2 Å². The summed E-state index contributed by atoms with van der Waals surface area (Å²) < 4.78 is 166. The van der Waals surface area contributed by atoms with E-state index in [4.69, 9.17) is 4.74 Å². The maximum absolute atomic E-state index is 15.0. The van der Waals surface area contributed by atoms with Gasteiger partial charge in [-0.1, -0.05) is 18.2 Å². The minimum absolute atomic E-state index is 0.189. The molecule has 1 saturated carbocycles. The van der Waals surface area contributed by atoms with E-state index >= 15 is 4.39 Å². The first kappa shape index (κ1) is 36.0. The van der Waals surface area contributed by atoms with Crippen LogP contribution in [0.4, 0.5) is 35.1 Å². The first-order valence-electron chi connectivity index (χ1n) is 14.6. The van der Waals surface area contributed by atoms with Crippen molar-refractivity contribution in [1.82, 2.24) is 5.32 Å². The number of methoxy groups -OCH3 is 1. The van der Waals surface area contributed by atoms with Crippen molar-refractivity contribution in [1.29, 1.82) is 0 Å². The van der Waals surface area contributed by atoms with Gasteiger partial charge < -0.3 is 10.1 Å². The molecule has 0 spiro atoms. The average Bonchev–Trinajstić information content (AvgIpc) is 3.42. The molecule has 1 heterocycles. The number of esters is 1. The largest absolute Gasteiger partial charge is 0.467 e. The third-order valence-corrected chi connectivity index (χ3v) is 14.2. The Kier molecular flexibility index (Phi) is 8.75. The SMILES string of the molecule is COC(=O)C1(NC(=O)[C@@H]2CC[C@@]3(S(=O)(=O)c4ccc(F)cc4)c4ccc(C(F)(C(F)(F)F)C(F)(F)F)cc4CC[C@@H]23)CCS(=O)(=O)CC1. The van der Waals surface area contributed by atoms with Crippen molar-refractivity contribution in [3.05, 3.63) is 65.0 Å². The predicted molar refractivity (Wildman–Crippen MR) is 152 cm³/mol. The molecule has 18 heteroatoms. The molecule has 3 aliphatic rings. The number of halogens is 8. The Morgan fingerprint density at radius 2 is 1.48 bits per heavy atom. The van der Waals surface area contributed by atoms with Crippen LogP contribution in [0.25, 0.3) is 0 Å². The third kappa shape index (κ3) is 5.46. The minimum atomic E-state index is -6.42. The molecule has 1 aliphatic heterocycles. The topological polar surface area (TPSA) is 124 Å². The Labute approximate surface area is 270 Å². The molecular weight excluding hydrogens is 702 g/mol. The van der Waals surface area contributed by atoms with Gasteiger partial charge in [0.05, 0.1) is 23.5 Å². The second-order valence-electron chi connectivity index (χ2n) is 12.4. The summed E-state index contributed by atoms with van der Waals surface area (Å²) in [6, 6.07) is 4.81. The van der Waals surface area contributed by atoms with Crippen molar-refractivity contribution in [3.63, 3.8) is 0 Å². The number of ether oxygens (including phenoxy) is 1. The summed E-state index contributed by atoms with van der Waals surface area (Å²) in [5.74, 6) is -5.85. The second-order valence-corrected chi connectivity index (χ2v) is 16.9. The lowest BCUT2D eigenvalue weighted by atomic mass is 9.72. The summed E-state index contributed by atoms with van der Waals surface area (Å²) in [6.07, 6.45) is -14.7. The molecule has 1 saturated heterocycles. The van der Waals surface area contributed by atoms with Gasteiger partial charge in [0.1, 0.15) is 16.1 Å². The van der Waals surface area contributed by atoms with Crippen LogP contribution in [0, 0.1) is 17.7 Å². The van der Waals surface area contributed by atoms with E-state index in [9.17, 15) is 57.2 Å². The van der Waals surface area contributed by atoms with E-state index in [1.54, 1.807) is 0 Å². The molecule has 0 aromatic heterocycles. The van der Waals surface area contributed by atoms with Crippen LogP contribution in [0.3, 0.4) is 0 Å². The number of amides is 1. The van der Waals surface area contributed by atoms with Crippen LogP contribution < -0.4 is 5.32 Å². The molecule has 1 amide bonds. The Bertz CT molecular complexity index is 1820. The normalized spacial score (nSPS) is 25.4. The number of sulfone groups is 2. The number of fused-ring (bicyclic) bond motifs is 3. The molecular formula is C30H29F8NO7S2. The van der Waals surface area contributed by atoms with Crippen molar-refractivity contribution in [2.75, 3.05) is 18.6 Å². The number of carbonyl (C=O) groups excluding carboxylic acids is 2. The molecule has 48 heavy (non-hydrogen) atoms. The van der Waals surface area contributed by atoms with Gasteiger partial charge in [-0.25, -0.2) is 30.4 Å². The van der Waals surface area contributed by atoms with Crippen LogP contribution in [0.5, 0.6) is 0 Å². The highest BCUT2D eigenvalue weighted by molar-refractivity contribution is 7.92. The Hall–Kier alpha value is -3.28. The van der Waals surface area contributed by atoms with Crippen molar-refractivity contribution in [2.45, 2.75) is 71.7 Å². The zero-order chi connectivity index (χ0) is 35.7. The number of rotatable bonds is 6. The fraction of sp³-hybridized carbons (Fsp3) is 0.533. The van der Waals surface area contributed by atoms with Gasteiger partial charge in [0.15, 0.2) is 19.7 Å². The summed E-state index contributed by atoms with van der Waals surface area (Å²) in [5.41, 5.74) is -9.88. The number of nitrogens with one attached hydrogen (secondary N) is 1. The summed E-state index contributed by atoms with van der Waals surface area (Å²) in [5, 5.41) is 2.58. The molecule has 2 aromatic carbocycles. The number of hydrogen-bond acceptors (Lipinski definition) is 7. The van der Waals surface area contributed by atoms with E-state index in [1.807, 2.05) is 0 Å². The van der Waals surface area contributed by atoms with Crippen LogP contribution in [-0.2, 0) is 50.8 Å². The molecule has 2 fully saturated rings. The van der Waals surface area contributed by atoms with Crippen molar-refractivity contribution in [3.8, 4) is 0 Å². The summed E-state index contributed by atoms with van der Waals surface area (Å²) in [6.45, 7) is 0. The number of hydrogen-bond donors (Lipinski definition) is 1. The molecule has 264 valence electrons. The van der Waals surface area contributed by atoms with Gasteiger partial charge in [0.2, 0.25) is 5.91 Å². The van der Waals surface area contributed by atoms with Crippen molar-refractivity contribution >= 4 is 31.6 Å². The number of benzene rings is 2. The van der Waals surface area contributed by atoms with Crippen LogP contribution in [0.15, 0.2) is 47.4 Å². The second kappa shape index (κ2) is 11.7. The van der Waals surface area contributed by atoms with Crippen molar-refractivity contribution < 1.29 is 66.3 Å². The highest BCUT2D eigenvalue weighted by atomic mass is 32.2. The summed E-state index contributed by atoms with van der Waals surface area (Å²) >= 11 is 0. The quantitative estimate of drug-likeness (QED) is 0.252. The summed E-state index contributed by atoms with van der Waals surface area (Å²) in [7, 11) is -7.20. The Balaban J connectivity index is 1.63. The van der Waals surface area contributed by atoms with E-state index in [-0.39, 0.29) is 55.7 Å². The van der Waals surface area contributed by atoms with E-state index in [0.717, 1.165) is 31.4 Å². The zero-order valence-electron chi connectivity index (χ0n) is 25.1. The molecule has 0 bridgehead atoms. The predicted octanol–water partition coefficient (Wildman–Crippen LogP) is 4.99. The molecule has 2 aliphatic carbocycles. The van der Waals surface area contributed by atoms with Gasteiger partial charge >= 0.3 is 24.0 Å². The van der Waals surface area contributed by atoms with Gasteiger partial charge in [-0.3, -0.25) is 4.79 Å². The Morgan fingerprint density at radius 3 is 2.02 bits per heavy atom. The lowest BCUT2D eigenvalue weighted by Gasteiger charge is -2.43. The minimum Gasteiger partial charge on any atom is -0.467 e. The molecule has 8 nitrogen and oxygen atoms in total. The van der Waals surface area contributed by atoms with E-state index < -0.39 is 99.5 Å².